The fraction of sp³-hybridized carbons (Fsp3) is 0.522. The number of rotatable bonds is 8. The van der Waals surface area contributed by atoms with E-state index in [1.807, 2.05) is 42.5 Å². The lowest BCUT2D eigenvalue weighted by Gasteiger charge is -2.49. The highest BCUT2D eigenvalue weighted by molar-refractivity contribution is 6.32. The Morgan fingerprint density at radius 1 is 0.814 bits per heavy atom. The third kappa shape index (κ3) is 8.34. The minimum Gasteiger partial charge on any atom is -0.371 e. The van der Waals surface area contributed by atoms with E-state index in [-0.39, 0.29) is 23.3 Å². The first-order valence-corrected chi connectivity index (χ1v) is 22.0. The molecule has 13 heteroatoms. The zero-order valence-corrected chi connectivity index (χ0v) is 35.0. The number of piperazine rings is 1. The minimum absolute atomic E-state index is 0.154. The lowest BCUT2D eigenvalue weighted by molar-refractivity contribution is -0.120. The smallest absolute Gasteiger partial charge is 0.328 e. The fourth-order valence-corrected chi connectivity index (χ4v) is 10.9. The molecule has 0 aliphatic carbocycles. The van der Waals surface area contributed by atoms with Crippen LogP contribution in [0.4, 0.5) is 27.5 Å². The number of piperidine rings is 2. The van der Waals surface area contributed by atoms with Gasteiger partial charge in [0, 0.05) is 132 Å². The Balaban J connectivity index is 0.675. The zero-order valence-electron chi connectivity index (χ0n) is 34.2. The van der Waals surface area contributed by atoms with Crippen molar-refractivity contribution in [3.8, 4) is 6.07 Å². The summed E-state index contributed by atoms with van der Waals surface area (Å²) in [6, 6.07) is 25.1. The molecule has 6 aliphatic rings. The van der Waals surface area contributed by atoms with E-state index in [0.717, 1.165) is 128 Å². The predicted octanol–water partition coefficient (Wildman–Crippen LogP) is 5.90. The normalized spacial score (nSPS) is 23.4. The Hall–Kier alpha value is -4.83. The molecular formula is C46H56ClN9O3. The number of nitrogens with one attached hydrogen (secondary N) is 1. The number of nitriles is 1. The number of imide groups is 1. The van der Waals surface area contributed by atoms with E-state index < -0.39 is 0 Å². The first-order valence-electron chi connectivity index (χ1n) is 21.7. The Kier molecular flexibility index (Phi) is 11.2. The van der Waals surface area contributed by atoms with Gasteiger partial charge in [0.05, 0.1) is 10.6 Å². The maximum atomic E-state index is 13.6. The van der Waals surface area contributed by atoms with Gasteiger partial charge in [-0.25, -0.2) is 4.79 Å². The Labute approximate surface area is 353 Å². The van der Waals surface area contributed by atoms with E-state index in [9.17, 15) is 19.6 Å². The number of carbonyl (C=O) groups excluding carboxylic acids is 3. The molecule has 310 valence electrons. The van der Waals surface area contributed by atoms with Gasteiger partial charge in [0.2, 0.25) is 5.91 Å². The van der Waals surface area contributed by atoms with Crippen molar-refractivity contribution in [2.45, 2.75) is 57.5 Å². The molecular weight excluding hydrogens is 762 g/mol. The predicted molar refractivity (Wildman–Crippen MR) is 232 cm³/mol. The first-order chi connectivity index (χ1) is 28.6. The number of hydrogen-bond donors (Lipinski definition) is 1. The van der Waals surface area contributed by atoms with Crippen LogP contribution in [0.2, 0.25) is 5.02 Å². The molecule has 1 atom stereocenters. The summed E-state index contributed by atoms with van der Waals surface area (Å²) in [7, 11) is 0. The number of anilines is 4. The standard InChI is InChI=1S/C46H56ClN9O3/c1-33-27-46(32-56(33)40-7-4-36(28-48)42(47)26-40)15-20-51(21-16-46)37-5-2-35(3-6-37)44(58)54-17-12-34(13-18-54)29-50-30-41(31-50)53-24-22-52(23-25-53)38-8-10-39(11-9-38)55-19-14-43(57)49-45(55)59/h2-11,26,33-34,41H,12-25,27,29-32H2,1H3,(H,49,57,59). The fourth-order valence-electron chi connectivity index (χ4n) is 10.6. The number of benzene rings is 3. The first kappa shape index (κ1) is 39.6. The van der Waals surface area contributed by atoms with Crippen LogP contribution in [0.25, 0.3) is 0 Å². The highest BCUT2D eigenvalue weighted by Gasteiger charge is 2.44. The highest BCUT2D eigenvalue weighted by Crippen LogP contribution is 2.46. The molecule has 3 aromatic rings. The third-order valence-electron chi connectivity index (χ3n) is 14.2. The molecule has 12 nitrogen and oxygen atoms in total. The number of urea groups is 1. The maximum absolute atomic E-state index is 13.6. The molecule has 6 fully saturated rings. The number of hydrogen-bond acceptors (Lipinski definition) is 9. The molecule has 1 unspecified atom stereocenters. The van der Waals surface area contributed by atoms with Gasteiger partial charge in [0.15, 0.2) is 0 Å². The average Bonchev–Trinajstić information content (AvgIpc) is 3.57. The van der Waals surface area contributed by atoms with E-state index in [1.54, 1.807) is 4.90 Å². The summed E-state index contributed by atoms with van der Waals surface area (Å²) >= 11 is 6.39. The number of amides is 4. The van der Waals surface area contributed by atoms with Crippen LogP contribution >= 0.6 is 11.6 Å². The van der Waals surface area contributed by atoms with E-state index in [2.05, 4.69) is 72.0 Å². The lowest BCUT2D eigenvalue weighted by Crippen LogP contribution is -2.63. The molecule has 6 heterocycles. The van der Waals surface area contributed by atoms with Crippen molar-refractivity contribution in [1.82, 2.24) is 20.0 Å². The zero-order chi connectivity index (χ0) is 40.7. The van der Waals surface area contributed by atoms with Crippen LogP contribution in [0, 0.1) is 22.7 Å². The average molecular weight is 818 g/mol. The van der Waals surface area contributed by atoms with Gasteiger partial charge in [-0.05, 0) is 117 Å². The van der Waals surface area contributed by atoms with Gasteiger partial charge in [0.25, 0.3) is 5.91 Å². The number of halogens is 1. The molecule has 3 aromatic carbocycles. The molecule has 0 aromatic heterocycles. The summed E-state index contributed by atoms with van der Waals surface area (Å²) < 4.78 is 0. The van der Waals surface area contributed by atoms with Crippen molar-refractivity contribution in [2.75, 3.05) is 105 Å². The van der Waals surface area contributed by atoms with Crippen LogP contribution in [-0.2, 0) is 4.79 Å². The molecule has 6 saturated heterocycles. The summed E-state index contributed by atoms with van der Waals surface area (Å²) in [5, 5.41) is 12.2. The van der Waals surface area contributed by atoms with Gasteiger partial charge in [0.1, 0.15) is 6.07 Å². The summed E-state index contributed by atoms with van der Waals surface area (Å²) in [6.07, 6.45) is 5.88. The second kappa shape index (κ2) is 16.7. The summed E-state index contributed by atoms with van der Waals surface area (Å²) in [5.41, 5.74) is 5.88. The van der Waals surface area contributed by atoms with Crippen molar-refractivity contribution in [3.05, 3.63) is 82.9 Å². The van der Waals surface area contributed by atoms with Crippen LogP contribution < -0.4 is 24.9 Å². The Bertz CT molecular complexity index is 2060. The molecule has 0 saturated carbocycles. The van der Waals surface area contributed by atoms with Crippen molar-refractivity contribution in [2.24, 2.45) is 11.3 Å². The van der Waals surface area contributed by atoms with Gasteiger partial charge in [-0.15, -0.1) is 0 Å². The molecule has 0 radical (unpaired) electrons. The summed E-state index contributed by atoms with van der Waals surface area (Å²) in [5.74, 6) is 0.576. The van der Waals surface area contributed by atoms with Crippen LogP contribution in [0.15, 0.2) is 66.7 Å². The summed E-state index contributed by atoms with van der Waals surface area (Å²) in [4.78, 5) is 53.6. The molecule has 9 rings (SSSR count). The number of carbonyl (C=O) groups is 3. The SMILES string of the molecule is CC1CC2(CCN(c3ccc(C(=O)N4CCC(CN5CC(N6CCN(c7ccc(N8CCC(=O)NC8=O)cc7)CC6)C5)CC4)cc3)CC2)CN1c1ccc(C#N)c(Cl)c1. The van der Waals surface area contributed by atoms with Crippen molar-refractivity contribution >= 4 is 52.2 Å². The van der Waals surface area contributed by atoms with Crippen molar-refractivity contribution in [3.63, 3.8) is 0 Å². The second-order valence-electron chi connectivity index (χ2n) is 17.9. The van der Waals surface area contributed by atoms with Gasteiger partial charge in [-0.2, -0.15) is 5.26 Å². The molecule has 4 amide bonds. The topological polar surface area (TPSA) is 110 Å². The van der Waals surface area contributed by atoms with Gasteiger partial charge >= 0.3 is 6.03 Å². The molecule has 1 spiro atoms. The molecule has 6 aliphatic heterocycles. The largest absolute Gasteiger partial charge is 0.371 e. The second-order valence-corrected chi connectivity index (χ2v) is 18.3. The monoisotopic (exact) mass is 817 g/mol. The van der Waals surface area contributed by atoms with Gasteiger partial charge < -0.3 is 19.6 Å². The van der Waals surface area contributed by atoms with Crippen LogP contribution in [-0.4, -0.2) is 130 Å². The quantitative estimate of drug-likeness (QED) is 0.297. The third-order valence-corrected chi connectivity index (χ3v) is 14.6. The lowest BCUT2D eigenvalue weighted by atomic mass is 9.76. The maximum Gasteiger partial charge on any atom is 0.328 e. The number of nitrogens with zero attached hydrogens (tertiary/aromatic N) is 8. The van der Waals surface area contributed by atoms with E-state index in [0.29, 0.717) is 41.6 Å². The van der Waals surface area contributed by atoms with Gasteiger partial charge in [-0.3, -0.25) is 29.6 Å². The molecule has 0 bridgehead atoms. The highest BCUT2D eigenvalue weighted by atomic mass is 35.5. The van der Waals surface area contributed by atoms with Crippen LogP contribution in [0.1, 0.15) is 61.4 Å². The van der Waals surface area contributed by atoms with Crippen LogP contribution in [0.5, 0.6) is 0 Å². The van der Waals surface area contributed by atoms with E-state index >= 15 is 0 Å². The Morgan fingerprint density at radius 2 is 1.44 bits per heavy atom. The van der Waals surface area contributed by atoms with Crippen molar-refractivity contribution < 1.29 is 14.4 Å². The Morgan fingerprint density at radius 3 is 2.08 bits per heavy atom. The van der Waals surface area contributed by atoms with Crippen molar-refractivity contribution in [1.29, 1.82) is 5.26 Å². The van der Waals surface area contributed by atoms with E-state index in [4.69, 9.17) is 11.6 Å². The minimum atomic E-state index is -0.348. The number of likely N-dealkylation sites (tertiary alicyclic amines) is 2. The van der Waals surface area contributed by atoms with E-state index in [1.165, 1.54) is 11.4 Å². The molecule has 1 N–H and O–H groups in total. The molecule has 59 heavy (non-hydrogen) atoms. The van der Waals surface area contributed by atoms with Crippen LogP contribution in [0.3, 0.4) is 0 Å². The summed E-state index contributed by atoms with van der Waals surface area (Å²) in [6.45, 7) is 14.9. The van der Waals surface area contributed by atoms with Gasteiger partial charge in [-0.1, -0.05) is 11.6 Å².